The molecule has 0 spiro atoms. The molecule has 7 nitrogen and oxygen atoms in total. The molecular formula is C21H21ClN6O. The number of aromatic nitrogens is 5. The normalized spacial score (nSPS) is 14.6. The van der Waals surface area contributed by atoms with Crippen molar-refractivity contribution >= 4 is 39.6 Å². The monoisotopic (exact) mass is 408 g/mol. The molecule has 1 saturated carbocycles. The van der Waals surface area contributed by atoms with Gasteiger partial charge in [-0.1, -0.05) is 11.6 Å². The minimum Gasteiger partial charge on any atom is -0.347 e. The van der Waals surface area contributed by atoms with Gasteiger partial charge >= 0.3 is 0 Å². The number of nitrogens with zero attached hydrogens (tertiary/aromatic N) is 4. The summed E-state index contributed by atoms with van der Waals surface area (Å²) in [6.07, 6.45) is 5.65. The first kappa shape index (κ1) is 18.1. The molecule has 8 heteroatoms. The molecule has 2 N–H and O–H groups in total. The quantitative estimate of drug-likeness (QED) is 0.532. The van der Waals surface area contributed by atoms with E-state index in [4.69, 9.17) is 16.6 Å². The van der Waals surface area contributed by atoms with Crippen LogP contribution in [0.25, 0.3) is 33.5 Å². The van der Waals surface area contributed by atoms with Crippen LogP contribution in [0.3, 0.4) is 0 Å². The lowest BCUT2D eigenvalue weighted by molar-refractivity contribution is 0.0905. The Morgan fingerprint density at radius 1 is 1.34 bits per heavy atom. The molecule has 4 aromatic rings. The summed E-state index contributed by atoms with van der Waals surface area (Å²) in [7, 11) is 1.86. The number of benzene rings is 1. The van der Waals surface area contributed by atoms with Gasteiger partial charge in [0.15, 0.2) is 5.65 Å². The third-order valence-electron chi connectivity index (χ3n) is 5.72. The third kappa shape index (κ3) is 3.06. The Bertz CT molecular complexity index is 1270. The molecule has 1 aromatic carbocycles. The van der Waals surface area contributed by atoms with Crippen LogP contribution < -0.4 is 5.32 Å². The molecule has 1 aliphatic rings. The van der Waals surface area contributed by atoms with Gasteiger partial charge < -0.3 is 10.3 Å². The Labute approximate surface area is 172 Å². The van der Waals surface area contributed by atoms with E-state index in [1.807, 2.05) is 25.2 Å². The van der Waals surface area contributed by atoms with Crippen LogP contribution in [-0.2, 0) is 7.05 Å². The number of aryl methyl sites for hydroxylation is 1. The van der Waals surface area contributed by atoms with E-state index >= 15 is 0 Å². The third-order valence-corrected chi connectivity index (χ3v) is 5.95. The van der Waals surface area contributed by atoms with E-state index in [-0.39, 0.29) is 11.4 Å². The van der Waals surface area contributed by atoms with Gasteiger partial charge in [0, 0.05) is 29.2 Å². The van der Waals surface area contributed by atoms with Crippen molar-refractivity contribution in [1.82, 2.24) is 30.0 Å². The van der Waals surface area contributed by atoms with Crippen molar-refractivity contribution in [3.63, 3.8) is 0 Å². The molecule has 1 fully saturated rings. The first-order valence-electron chi connectivity index (χ1n) is 9.63. The minimum atomic E-state index is -0.234. The Kier molecular flexibility index (Phi) is 3.93. The largest absolute Gasteiger partial charge is 0.347 e. The maximum Gasteiger partial charge on any atom is 0.255 e. The highest BCUT2D eigenvalue weighted by molar-refractivity contribution is 6.31. The van der Waals surface area contributed by atoms with Crippen molar-refractivity contribution in [2.24, 2.45) is 13.0 Å². The summed E-state index contributed by atoms with van der Waals surface area (Å²) >= 11 is 6.13. The maximum absolute atomic E-state index is 12.9. The molecule has 0 atom stereocenters. The molecule has 0 unspecified atom stereocenters. The van der Waals surface area contributed by atoms with E-state index in [1.165, 1.54) is 0 Å². The van der Waals surface area contributed by atoms with Crippen LogP contribution in [0.1, 0.15) is 37.0 Å². The molecule has 0 aliphatic heterocycles. The standard InChI is InChI=1S/C21H21ClN6O/c1-21(2,11-4-5-11)26-20(29)14-9-23-19-18(14)25-15(10-24-19)17-13-7-6-12(22)8-16(13)28(3)27-17/h6-11H,4-5H2,1-3H3,(H,23,24)(H,26,29). The number of carbonyl (C=O) groups excluding carboxylic acids is 1. The molecule has 1 aliphatic carbocycles. The second-order valence-electron chi connectivity index (χ2n) is 8.24. The molecular weight excluding hydrogens is 388 g/mol. The number of hydrogen-bond acceptors (Lipinski definition) is 4. The van der Waals surface area contributed by atoms with Gasteiger partial charge in [0.1, 0.15) is 16.9 Å². The summed E-state index contributed by atoms with van der Waals surface area (Å²) in [6.45, 7) is 4.14. The van der Waals surface area contributed by atoms with E-state index in [0.29, 0.717) is 39.1 Å². The molecule has 3 aromatic heterocycles. The molecule has 3 heterocycles. The second kappa shape index (κ2) is 6.29. The van der Waals surface area contributed by atoms with Crippen LogP contribution >= 0.6 is 11.6 Å². The summed E-state index contributed by atoms with van der Waals surface area (Å²) in [4.78, 5) is 25.2. The Hall–Kier alpha value is -2.93. The summed E-state index contributed by atoms with van der Waals surface area (Å²) in [5, 5.41) is 9.34. The number of rotatable bonds is 4. The summed E-state index contributed by atoms with van der Waals surface area (Å²) in [5.74, 6) is 0.391. The van der Waals surface area contributed by atoms with Crippen molar-refractivity contribution in [2.45, 2.75) is 32.2 Å². The number of halogens is 1. The van der Waals surface area contributed by atoms with Gasteiger partial charge in [-0.05, 0) is 50.8 Å². The topological polar surface area (TPSA) is 88.5 Å². The van der Waals surface area contributed by atoms with Gasteiger partial charge in [0.2, 0.25) is 0 Å². The van der Waals surface area contributed by atoms with Gasteiger partial charge in [-0.15, -0.1) is 0 Å². The van der Waals surface area contributed by atoms with Crippen molar-refractivity contribution in [3.8, 4) is 11.4 Å². The molecule has 0 saturated heterocycles. The molecule has 5 rings (SSSR count). The van der Waals surface area contributed by atoms with Gasteiger partial charge in [0.25, 0.3) is 5.91 Å². The van der Waals surface area contributed by atoms with Gasteiger partial charge in [-0.25, -0.2) is 9.97 Å². The van der Waals surface area contributed by atoms with Crippen LogP contribution in [0.4, 0.5) is 0 Å². The van der Waals surface area contributed by atoms with Crippen LogP contribution in [0, 0.1) is 5.92 Å². The zero-order chi connectivity index (χ0) is 20.3. The average Bonchev–Trinajstić information content (AvgIpc) is 3.39. The van der Waals surface area contributed by atoms with Crippen molar-refractivity contribution in [2.75, 3.05) is 0 Å². The van der Waals surface area contributed by atoms with Crippen molar-refractivity contribution in [1.29, 1.82) is 0 Å². The lowest BCUT2D eigenvalue weighted by Crippen LogP contribution is -2.45. The fourth-order valence-electron chi connectivity index (χ4n) is 3.87. The SMILES string of the molecule is Cn1nc(-c2cnc3[nH]cc(C(=O)NC(C)(C)C4CC4)c3n2)c2ccc(Cl)cc21. The summed E-state index contributed by atoms with van der Waals surface area (Å²) in [5.41, 5.74) is 3.60. The number of H-pyrrole nitrogens is 1. The molecule has 0 bridgehead atoms. The molecule has 148 valence electrons. The van der Waals surface area contributed by atoms with Gasteiger partial charge in [-0.3, -0.25) is 9.48 Å². The number of fused-ring (bicyclic) bond motifs is 2. The fourth-order valence-corrected chi connectivity index (χ4v) is 4.03. The number of amides is 1. The first-order chi connectivity index (χ1) is 13.8. The van der Waals surface area contributed by atoms with Gasteiger partial charge in [-0.2, -0.15) is 5.10 Å². The predicted molar refractivity (Wildman–Crippen MR) is 113 cm³/mol. The van der Waals surface area contributed by atoms with Crippen molar-refractivity contribution in [3.05, 3.63) is 41.2 Å². The Balaban J connectivity index is 1.57. The lowest BCUT2D eigenvalue weighted by atomic mass is 9.98. The van der Waals surface area contributed by atoms with E-state index in [9.17, 15) is 4.79 Å². The van der Waals surface area contributed by atoms with Crippen LogP contribution in [0.2, 0.25) is 5.02 Å². The van der Waals surface area contributed by atoms with Gasteiger partial charge in [0.05, 0.1) is 17.3 Å². The first-order valence-corrected chi connectivity index (χ1v) is 10.0. The number of carbonyl (C=O) groups is 1. The molecule has 1 amide bonds. The van der Waals surface area contributed by atoms with E-state index in [2.05, 4.69) is 34.2 Å². The molecule has 29 heavy (non-hydrogen) atoms. The highest BCUT2D eigenvalue weighted by atomic mass is 35.5. The van der Waals surface area contributed by atoms with E-state index < -0.39 is 0 Å². The zero-order valence-electron chi connectivity index (χ0n) is 16.5. The second-order valence-corrected chi connectivity index (χ2v) is 8.68. The Morgan fingerprint density at radius 2 is 2.14 bits per heavy atom. The maximum atomic E-state index is 12.9. The molecule has 0 radical (unpaired) electrons. The van der Waals surface area contributed by atoms with E-state index in [1.54, 1.807) is 17.1 Å². The number of hydrogen-bond donors (Lipinski definition) is 2. The fraction of sp³-hybridized carbons (Fsp3) is 0.333. The Morgan fingerprint density at radius 3 is 2.90 bits per heavy atom. The predicted octanol–water partition coefficient (Wildman–Crippen LogP) is 4.08. The summed E-state index contributed by atoms with van der Waals surface area (Å²) in [6, 6.07) is 5.62. The van der Waals surface area contributed by atoms with Crippen molar-refractivity contribution < 1.29 is 4.79 Å². The smallest absolute Gasteiger partial charge is 0.255 e. The van der Waals surface area contributed by atoms with E-state index in [0.717, 1.165) is 23.7 Å². The average molecular weight is 409 g/mol. The minimum absolute atomic E-state index is 0.141. The summed E-state index contributed by atoms with van der Waals surface area (Å²) < 4.78 is 1.77. The van der Waals surface area contributed by atoms with Crippen LogP contribution in [0.15, 0.2) is 30.6 Å². The highest BCUT2D eigenvalue weighted by Gasteiger charge is 2.39. The van der Waals surface area contributed by atoms with Crippen LogP contribution in [0.5, 0.6) is 0 Å². The number of nitrogens with one attached hydrogen (secondary N) is 2. The van der Waals surface area contributed by atoms with Crippen LogP contribution in [-0.4, -0.2) is 36.2 Å². The number of aromatic amines is 1. The lowest BCUT2D eigenvalue weighted by Gasteiger charge is -2.25. The highest BCUT2D eigenvalue weighted by Crippen LogP contribution is 2.39. The zero-order valence-corrected chi connectivity index (χ0v) is 17.2.